The Morgan fingerprint density at radius 2 is 2.10 bits per heavy atom. The van der Waals surface area contributed by atoms with Crippen molar-refractivity contribution in [3.8, 4) is 0 Å². The summed E-state index contributed by atoms with van der Waals surface area (Å²) in [6.07, 6.45) is 6.67. The molecule has 1 aromatic carbocycles. The van der Waals surface area contributed by atoms with Gasteiger partial charge in [0.15, 0.2) is 0 Å². The second-order valence-corrected chi connectivity index (χ2v) is 7.10. The predicted octanol–water partition coefficient (Wildman–Crippen LogP) is 4.33. The van der Waals surface area contributed by atoms with Gasteiger partial charge in [-0.2, -0.15) is 0 Å². The summed E-state index contributed by atoms with van der Waals surface area (Å²) in [6.45, 7) is 0.760. The molecule has 1 aliphatic heterocycles. The van der Waals surface area contributed by atoms with Gasteiger partial charge in [0.05, 0.1) is 5.60 Å². The van der Waals surface area contributed by atoms with Crippen LogP contribution in [-0.4, -0.2) is 12.2 Å². The highest BCUT2D eigenvalue weighted by Crippen LogP contribution is 2.45. The van der Waals surface area contributed by atoms with E-state index in [1.807, 2.05) is 6.07 Å². The molecule has 2 unspecified atom stereocenters. The van der Waals surface area contributed by atoms with Crippen molar-refractivity contribution in [3.63, 3.8) is 0 Å². The zero-order valence-corrected chi connectivity index (χ0v) is 13.2. The van der Waals surface area contributed by atoms with Crippen LogP contribution < -0.4 is 5.73 Å². The number of nitrogens with two attached hydrogens (primary N) is 1. The van der Waals surface area contributed by atoms with E-state index in [9.17, 15) is 4.39 Å². The molecule has 20 heavy (non-hydrogen) atoms. The first kappa shape index (κ1) is 14.5. The summed E-state index contributed by atoms with van der Waals surface area (Å²) in [5, 5.41) is 0. The van der Waals surface area contributed by atoms with Crippen LogP contribution >= 0.6 is 15.9 Å². The highest BCUT2D eigenvalue weighted by molar-refractivity contribution is 9.10. The second kappa shape index (κ2) is 5.74. The average molecular weight is 342 g/mol. The summed E-state index contributed by atoms with van der Waals surface area (Å²) < 4.78 is 20.9. The maximum Gasteiger partial charge on any atom is 0.129 e. The molecular formula is C16H21BrFNO. The lowest BCUT2D eigenvalue weighted by molar-refractivity contribution is -0.0965. The fraction of sp³-hybridized carbons (Fsp3) is 0.625. The van der Waals surface area contributed by atoms with Gasteiger partial charge in [-0.3, -0.25) is 0 Å². The Kier molecular flexibility index (Phi) is 4.16. The van der Waals surface area contributed by atoms with E-state index in [0.29, 0.717) is 11.5 Å². The highest BCUT2D eigenvalue weighted by atomic mass is 79.9. The van der Waals surface area contributed by atoms with E-state index in [1.165, 1.54) is 18.9 Å². The molecule has 1 spiro atoms. The Morgan fingerprint density at radius 1 is 1.35 bits per heavy atom. The van der Waals surface area contributed by atoms with Gasteiger partial charge in [-0.15, -0.1) is 0 Å². The number of halogens is 2. The number of benzene rings is 1. The largest absolute Gasteiger partial charge is 0.375 e. The minimum atomic E-state index is -0.232. The van der Waals surface area contributed by atoms with E-state index in [0.717, 1.165) is 36.8 Å². The summed E-state index contributed by atoms with van der Waals surface area (Å²) in [5.74, 6) is 0.108. The quantitative estimate of drug-likeness (QED) is 0.868. The van der Waals surface area contributed by atoms with Crippen LogP contribution in [0.25, 0.3) is 0 Å². The predicted molar refractivity (Wildman–Crippen MR) is 80.9 cm³/mol. The molecule has 1 saturated carbocycles. The second-order valence-electron chi connectivity index (χ2n) is 6.18. The molecule has 0 aromatic heterocycles. The third-order valence-electron chi connectivity index (χ3n) is 4.88. The van der Waals surface area contributed by atoms with Crippen molar-refractivity contribution in [2.24, 2.45) is 11.7 Å². The summed E-state index contributed by atoms with van der Waals surface area (Å²) in [5.41, 5.74) is 7.03. The molecule has 4 heteroatoms. The fourth-order valence-electron chi connectivity index (χ4n) is 3.77. The van der Waals surface area contributed by atoms with Gasteiger partial charge in [0.25, 0.3) is 0 Å². The van der Waals surface area contributed by atoms with Gasteiger partial charge in [-0.25, -0.2) is 4.39 Å². The van der Waals surface area contributed by atoms with Crippen molar-refractivity contribution in [2.45, 2.75) is 50.2 Å². The third-order valence-corrected chi connectivity index (χ3v) is 5.37. The Hall–Kier alpha value is -0.450. The van der Waals surface area contributed by atoms with Crippen molar-refractivity contribution >= 4 is 15.9 Å². The molecule has 2 fully saturated rings. The van der Waals surface area contributed by atoms with Gasteiger partial charge in [0.1, 0.15) is 5.82 Å². The molecule has 110 valence electrons. The number of rotatable bonds is 2. The number of hydrogen-bond donors (Lipinski definition) is 1. The lowest BCUT2D eigenvalue weighted by Gasteiger charge is -2.40. The molecule has 2 atom stereocenters. The molecule has 2 nitrogen and oxygen atoms in total. The van der Waals surface area contributed by atoms with Gasteiger partial charge < -0.3 is 10.5 Å². The van der Waals surface area contributed by atoms with E-state index >= 15 is 0 Å². The van der Waals surface area contributed by atoms with E-state index in [2.05, 4.69) is 15.9 Å². The minimum absolute atomic E-state index is 0.0341. The summed E-state index contributed by atoms with van der Waals surface area (Å²) >= 11 is 3.29. The zero-order chi connectivity index (χ0) is 14.2. The molecule has 1 saturated heterocycles. The van der Waals surface area contributed by atoms with Crippen LogP contribution in [0.3, 0.4) is 0 Å². The van der Waals surface area contributed by atoms with Crippen molar-refractivity contribution in [3.05, 3.63) is 34.1 Å². The van der Waals surface area contributed by atoms with Crippen LogP contribution in [0.5, 0.6) is 0 Å². The zero-order valence-electron chi connectivity index (χ0n) is 11.6. The molecular weight excluding hydrogens is 321 g/mol. The van der Waals surface area contributed by atoms with Crippen molar-refractivity contribution in [1.29, 1.82) is 0 Å². The topological polar surface area (TPSA) is 35.2 Å². The van der Waals surface area contributed by atoms with Gasteiger partial charge in [0.2, 0.25) is 0 Å². The maximum atomic E-state index is 14.1. The molecule has 0 bridgehead atoms. The Labute approximate surface area is 128 Å². The SMILES string of the molecule is NC(c1ccc(Br)cc1F)C1CCOC2(CCCC2)C1. The minimum Gasteiger partial charge on any atom is -0.375 e. The maximum absolute atomic E-state index is 14.1. The van der Waals surface area contributed by atoms with Gasteiger partial charge in [-0.05, 0) is 43.7 Å². The van der Waals surface area contributed by atoms with E-state index < -0.39 is 0 Å². The van der Waals surface area contributed by atoms with Crippen molar-refractivity contribution < 1.29 is 9.13 Å². The van der Waals surface area contributed by atoms with Crippen LogP contribution in [0.4, 0.5) is 4.39 Å². The third kappa shape index (κ3) is 2.78. The normalized spacial score (nSPS) is 26.9. The molecule has 1 heterocycles. The van der Waals surface area contributed by atoms with E-state index in [-0.39, 0.29) is 17.5 Å². The summed E-state index contributed by atoms with van der Waals surface area (Å²) in [4.78, 5) is 0. The lowest BCUT2D eigenvalue weighted by Crippen LogP contribution is -2.40. The highest BCUT2D eigenvalue weighted by Gasteiger charge is 2.41. The van der Waals surface area contributed by atoms with Gasteiger partial charge in [0, 0.05) is 22.7 Å². The molecule has 1 aromatic rings. The smallest absolute Gasteiger partial charge is 0.129 e. The Bertz CT molecular complexity index is 487. The fourth-order valence-corrected chi connectivity index (χ4v) is 4.10. The first-order valence-corrected chi connectivity index (χ1v) is 8.23. The van der Waals surface area contributed by atoms with Crippen LogP contribution in [-0.2, 0) is 4.74 Å². The van der Waals surface area contributed by atoms with Crippen LogP contribution in [0.1, 0.15) is 50.1 Å². The van der Waals surface area contributed by atoms with Crippen molar-refractivity contribution in [1.82, 2.24) is 0 Å². The molecule has 2 aliphatic rings. The number of ether oxygens (including phenoxy) is 1. The molecule has 0 amide bonds. The molecule has 3 rings (SSSR count). The Balaban J connectivity index is 1.77. The monoisotopic (exact) mass is 341 g/mol. The van der Waals surface area contributed by atoms with Crippen LogP contribution in [0.15, 0.2) is 22.7 Å². The van der Waals surface area contributed by atoms with Gasteiger partial charge >= 0.3 is 0 Å². The van der Waals surface area contributed by atoms with Crippen molar-refractivity contribution in [2.75, 3.05) is 6.61 Å². The van der Waals surface area contributed by atoms with E-state index in [1.54, 1.807) is 6.07 Å². The summed E-state index contributed by atoms with van der Waals surface area (Å²) in [7, 11) is 0. The number of hydrogen-bond acceptors (Lipinski definition) is 2. The van der Waals surface area contributed by atoms with Crippen LogP contribution in [0, 0.1) is 11.7 Å². The molecule has 2 N–H and O–H groups in total. The molecule has 1 aliphatic carbocycles. The summed E-state index contributed by atoms with van der Waals surface area (Å²) in [6, 6.07) is 4.94. The standard InChI is InChI=1S/C16H21BrFNO/c17-12-3-4-13(14(18)9-12)15(19)11-5-8-20-16(10-11)6-1-2-7-16/h3-4,9,11,15H,1-2,5-8,10,19H2. The lowest BCUT2D eigenvalue weighted by atomic mass is 9.79. The van der Waals surface area contributed by atoms with Crippen LogP contribution in [0.2, 0.25) is 0 Å². The Morgan fingerprint density at radius 3 is 2.80 bits per heavy atom. The average Bonchev–Trinajstić information content (AvgIpc) is 2.86. The first-order valence-electron chi connectivity index (χ1n) is 7.44. The molecule has 0 radical (unpaired) electrons. The van der Waals surface area contributed by atoms with E-state index in [4.69, 9.17) is 10.5 Å². The first-order chi connectivity index (χ1) is 9.60. The van der Waals surface area contributed by atoms with Gasteiger partial charge in [-0.1, -0.05) is 34.8 Å².